The van der Waals surface area contributed by atoms with E-state index >= 15 is 0 Å². The summed E-state index contributed by atoms with van der Waals surface area (Å²) < 4.78 is 9.67. The summed E-state index contributed by atoms with van der Waals surface area (Å²) in [5.74, 6) is -0.199. The van der Waals surface area contributed by atoms with Crippen molar-refractivity contribution in [3.05, 3.63) is 0 Å². The van der Waals surface area contributed by atoms with Crippen LogP contribution in [0.3, 0.4) is 0 Å². The van der Waals surface area contributed by atoms with Gasteiger partial charge in [0.25, 0.3) is 0 Å². The lowest BCUT2D eigenvalue weighted by Crippen LogP contribution is -2.42. The van der Waals surface area contributed by atoms with Crippen LogP contribution in [-0.4, -0.2) is 39.4 Å². The van der Waals surface area contributed by atoms with Gasteiger partial charge in [0.15, 0.2) is 0 Å². The van der Waals surface area contributed by atoms with Crippen LogP contribution < -0.4 is 5.32 Å². The smallest absolute Gasteiger partial charge is 0.312 e. The van der Waals surface area contributed by atoms with Crippen molar-refractivity contribution in [3.63, 3.8) is 0 Å². The molecule has 0 aromatic rings. The standard InChI is InChI=1S/C10H21NO3/c1-8(6-13-4)11-7-10(2,3)9(12)14-5/h8,11H,6-7H2,1-5H3. The van der Waals surface area contributed by atoms with Gasteiger partial charge in [-0.1, -0.05) is 0 Å². The molecular formula is C10H21NO3. The highest BCUT2D eigenvalue weighted by molar-refractivity contribution is 5.76. The van der Waals surface area contributed by atoms with Crippen molar-refractivity contribution < 1.29 is 14.3 Å². The summed E-state index contributed by atoms with van der Waals surface area (Å²) in [5.41, 5.74) is -0.489. The maximum Gasteiger partial charge on any atom is 0.312 e. The Morgan fingerprint density at radius 2 is 2.00 bits per heavy atom. The normalized spacial score (nSPS) is 13.8. The highest BCUT2D eigenvalue weighted by atomic mass is 16.5. The first kappa shape index (κ1) is 13.4. The molecule has 0 amide bonds. The Balaban J connectivity index is 3.92. The largest absolute Gasteiger partial charge is 0.469 e. The lowest BCUT2D eigenvalue weighted by molar-refractivity contribution is -0.150. The third-order valence-corrected chi connectivity index (χ3v) is 2.05. The molecule has 4 nitrogen and oxygen atoms in total. The Kier molecular flexibility index (Phi) is 5.72. The summed E-state index contributed by atoms with van der Waals surface area (Å²) >= 11 is 0. The van der Waals surface area contributed by atoms with Gasteiger partial charge >= 0.3 is 5.97 Å². The number of hydrogen-bond donors (Lipinski definition) is 1. The van der Waals surface area contributed by atoms with Gasteiger partial charge in [0.2, 0.25) is 0 Å². The second-order valence-electron chi connectivity index (χ2n) is 4.11. The molecule has 0 aliphatic heterocycles. The predicted molar refractivity (Wildman–Crippen MR) is 55.1 cm³/mol. The van der Waals surface area contributed by atoms with Crippen molar-refractivity contribution in [3.8, 4) is 0 Å². The van der Waals surface area contributed by atoms with Crippen LogP contribution in [0.5, 0.6) is 0 Å². The van der Waals surface area contributed by atoms with Gasteiger partial charge in [-0.15, -0.1) is 0 Å². The molecule has 0 fully saturated rings. The summed E-state index contributed by atoms with van der Waals surface area (Å²) in [6.45, 7) is 6.94. The molecule has 0 radical (unpaired) electrons. The van der Waals surface area contributed by atoms with Crippen LogP contribution in [0, 0.1) is 5.41 Å². The molecule has 1 atom stereocenters. The Hall–Kier alpha value is -0.610. The van der Waals surface area contributed by atoms with Crippen molar-refractivity contribution in [2.45, 2.75) is 26.8 Å². The van der Waals surface area contributed by atoms with Gasteiger partial charge in [-0.2, -0.15) is 0 Å². The minimum atomic E-state index is -0.489. The van der Waals surface area contributed by atoms with E-state index in [2.05, 4.69) is 5.32 Å². The Morgan fingerprint density at radius 1 is 1.43 bits per heavy atom. The summed E-state index contributed by atoms with van der Waals surface area (Å²) in [4.78, 5) is 11.3. The second kappa shape index (κ2) is 5.98. The Bertz CT molecular complexity index is 180. The molecular weight excluding hydrogens is 182 g/mol. The number of carbonyl (C=O) groups is 1. The fourth-order valence-electron chi connectivity index (χ4n) is 1.09. The van der Waals surface area contributed by atoms with Crippen molar-refractivity contribution in [2.24, 2.45) is 5.41 Å². The van der Waals surface area contributed by atoms with E-state index in [4.69, 9.17) is 9.47 Å². The van der Waals surface area contributed by atoms with Crippen LogP contribution in [0.15, 0.2) is 0 Å². The fraction of sp³-hybridized carbons (Fsp3) is 0.900. The minimum absolute atomic E-state index is 0.199. The number of nitrogens with one attached hydrogen (secondary N) is 1. The zero-order valence-electron chi connectivity index (χ0n) is 9.72. The van der Waals surface area contributed by atoms with Crippen LogP contribution in [0.4, 0.5) is 0 Å². The monoisotopic (exact) mass is 203 g/mol. The molecule has 0 aromatic carbocycles. The first-order valence-corrected chi connectivity index (χ1v) is 4.74. The number of rotatable bonds is 6. The van der Waals surface area contributed by atoms with Crippen LogP contribution in [0.2, 0.25) is 0 Å². The third kappa shape index (κ3) is 4.58. The van der Waals surface area contributed by atoms with Crippen LogP contribution in [0.25, 0.3) is 0 Å². The van der Waals surface area contributed by atoms with E-state index in [1.54, 1.807) is 7.11 Å². The molecule has 0 saturated carbocycles. The van der Waals surface area contributed by atoms with Crippen LogP contribution in [0.1, 0.15) is 20.8 Å². The number of methoxy groups -OCH3 is 2. The zero-order valence-corrected chi connectivity index (χ0v) is 9.72. The topological polar surface area (TPSA) is 47.6 Å². The van der Waals surface area contributed by atoms with Crippen LogP contribution in [-0.2, 0) is 14.3 Å². The molecule has 1 N–H and O–H groups in total. The highest BCUT2D eigenvalue weighted by Crippen LogP contribution is 2.15. The number of hydrogen-bond acceptors (Lipinski definition) is 4. The van der Waals surface area contributed by atoms with Gasteiger partial charge in [0, 0.05) is 19.7 Å². The third-order valence-electron chi connectivity index (χ3n) is 2.05. The lowest BCUT2D eigenvalue weighted by atomic mass is 9.93. The first-order valence-electron chi connectivity index (χ1n) is 4.74. The van der Waals surface area contributed by atoms with Gasteiger partial charge in [-0.25, -0.2) is 0 Å². The van der Waals surface area contributed by atoms with Gasteiger partial charge in [-0.05, 0) is 20.8 Å². The summed E-state index contributed by atoms with van der Waals surface area (Å²) in [6, 6.07) is 0.240. The van der Waals surface area contributed by atoms with E-state index in [9.17, 15) is 4.79 Å². The minimum Gasteiger partial charge on any atom is -0.469 e. The predicted octanol–water partition coefficient (Wildman–Crippen LogP) is 0.810. The molecule has 0 aromatic heterocycles. The van der Waals surface area contributed by atoms with Crippen molar-refractivity contribution >= 4 is 5.97 Å². The SMILES string of the molecule is COCC(C)NCC(C)(C)C(=O)OC. The molecule has 14 heavy (non-hydrogen) atoms. The number of ether oxygens (including phenoxy) is 2. The molecule has 0 bridgehead atoms. The maximum absolute atomic E-state index is 11.3. The van der Waals surface area contributed by atoms with Crippen molar-refractivity contribution in [1.29, 1.82) is 0 Å². The molecule has 0 heterocycles. The Morgan fingerprint density at radius 3 is 2.43 bits per heavy atom. The number of carbonyl (C=O) groups excluding carboxylic acids is 1. The summed E-state index contributed by atoms with van der Waals surface area (Å²) in [5, 5.41) is 3.21. The molecule has 1 unspecified atom stereocenters. The second-order valence-corrected chi connectivity index (χ2v) is 4.11. The first-order chi connectivity index (χ1) is 6.44. The molecule has 4 heteroatoms. The van der Waals surface area contributed by atoms with E-state index in [1.165, 1.54) is 7.11 Å². The van der Waals surface area contributed by atoms with Crippen molar-refractivity contribution in [2.75, 3.05) is 27.4 Å². The van der Waals surface area contributed by atoms with Gasteiger partial charge in [-0.3, -0.25) is 4.79 Å². The van der Waals surface area contributed by atoms with E-state index in [-0.39, 0.29) is 12.0 Å². The zero-order chi connectivity index (χ0) is 11.2. The number of esters is 1. The molecule has 0 saturated heterocycles. The summed E-state index contributed by atoms with van der Waals surface area (Å²) in [6.07, 6.45) is 0. The molecule has 0 aliphatic carbocycles. The van der Waals surface area contributed by atoms with E-state index < -0.39 is 5.41 Å². The van der Waals surface area contributed by atoms with E-state index in [0.29, 0.717) is 13.2 Å². The van der Waals surface area contributed by atoms with Gasteiger partial charge < -0.3 is 14.8 Å². The lowest BCUT2D eigenvalue weighted by Gasteiger charge is -2.24. The Labute approximate surface area is 86.0 Å². The average Bonchev–Trinajstić information content (AvgIpc) is 2.14. The van der Waals surface area contributed by atoms with E-state index in [1.807, 2.05) is 20.8 Å². The summed E-state index contributed by atoms with van der Waals surface area (Å²) in [7, 11) is 3.06. The maximum atomic E-state index is 11.3. The fourth-order valence-corrected chi connectivity index (χ4v) is 1.09. The van der Waals surface area contributed by atoms with Gasteiger partial charge in [0.1, 0.15) is 0 Å². The quantitative estimate of drug-likeness (QED) is 0.649. The molecule has 0 rings (SSSR count). The average molecular weight is 203 g/mol. The molecule has 0 spiro atoms. The molecule has 0 aliphatic rings. The van der Waals surface area contributed by atoms with Crippen molar-refractivity contribution in [1.82, 2.24) is 5.32 Å². The highest BCUT2D eigenvalue weighted by Gasteiger charge is 2.28. The van der Waals surface area contributed by atoms with Crippen LogP contribution >= 0.6 is 0 Å². The van der Waals surface area contributed by atoms with Gasteiger partial charge in [0.05, 0.1) is 19.1 Å². The molecule has 84 valence electrons. The van der Waals surface area contributed by atoms with E-state index in [0.717, 1.165) is 0 Å².